The molecule has 0 atom stereocenters. The summed E-state index contributed by atoms with van der Waals surface area (Å²) in [5.41, 5.74) is 0.994. The molecule has 1 heterocycles. The normalized spacial score (nSPS) is 27.9. The van der Waals surface area contributed by atoms with Gasteiger partial charge in [0.25, 0.3) is 0 Å². The number of hydrogen-bond acceptors (Lipinski definition) is 3. The van der Waals surface area contributed by atoms with Crippen LogP contribution in [0, 0.1) is 10.8 Å². The summed E-state index contributed by atoms with van der Waals surface area (Å²) in [5.74, 6) is 0. The molecule has 0 spiro atoms. The molecule has 1 aliphatic heterocycles. The zero-order chi connectivity index (χ0) is 15.5. The third-order valence-electron chi connectivity index (χ3n) is 5.24. The molecule has 0 amide bonds. The van der Waals surface area contributed by atoms with E-state index in [1.54, 1.807) is 0 Å². The van der Waals surface area contributed by atoms with E-state index in [0.717, 1.165) is 6.04 Å². The predicted octanol–water partition coefficient (Wildman–Crippen LogP) is 2.82. The van der Waals surface area contributed by atoms with Crippen molar-refractivity contribution >= 4 is 0 Å². The largest absolute Gasteiger partial charge is 0.314 e. The average Bonchev–Trinajstić information content (AvgIpc) is 2.33. The molecule has 0 aromatic heterocycles. The number of likely N-dealkylation sites (N-methyl/N-ethyl adjacent to an activating group) is 1. The van der Waals surface area contributed by atoms with Gasteiger partial charge >= 0.3 is 0 Å². The summed E-state index contributed by atoms with van der Waals surface area (Å²) in [7, 11) is 2.23. The highest BCUT2D eigenvalue weighted by atomic mass is 15.2. The Morgan fingerprint density at radius 3 is 2.10 bits per heavy atom. The van der Waals surface area contributed by atoms with Crippen LogP contribution in [-0.4, -0.2) is 62.2 Å². The van der Waals surface area contributed by atoms with Crippen LogP contribution in [0.15, 0.2) is 0 Å². The SMILES string of the molecule is CN1CCN(CCCNC2CC(C)(C)CC(C)(C)C2)CC1. The minimum absolute atomic E-state index is 0.497. The second kappa shape index (κ2) is 6.97. The number of nitrogens with zero attached hydrogens (tertiary/aromatic N) is 2. The van der Waals surface area contributed by atoms with Gasteiger partial charge in [-0.1, -0.05) is 27.7 Å². The summed E-state index contributed by atoms with van der Waals surface area (Å²) in [5, 5.41) is 3.84. The van der Waals surface area contributed by atoms with Gasteiger partial charge in [-0.3, -0.25) is 0 Å². The first-order chi connectivity index (χ1) is 9.76. The maximum Gasteiger partial charge on any atom is 0.0110 e. The van der Waals surface area contributed by atoms with Gasteiger partial charge in [0.15, 0.2) is 0 Å². The third-order valence-corrected chi connectivity index (χ3v) is 5.24. The average molecular weight is 296 g/mol. The summed E-state index contributed by atoms with van der Waals surface area (Å²) in [6, 6.07) is 0.719. The molecule has 0 unspecified atom stereocenters. The van der Waals surface area contributed by atoms with Crippen LogP contribution in [0.5, 0.6) is 0 Å². The van der Waals surface area contributed by atoms with Crippen molar-refractivity contribution in [3.63, 3.8) is 0 Å². The molecule has 0 aromatic rings. The van der Waals surface area contributed by atoms with Crippen molar-refractivity contribution in [3.8, 4) is 0 Å². The second-order valence-corrected chi connectivity index (χ2v) is 9.06. The van der Waals surface area contributed by atoms with Crippen LogP contribution < -0.4 is 5.32 Å². The highest BCUT2D eigenvalue weighted by molar-refractivity contribution is 4.92. The van der Waals surface area contributed by atoms with E-state index in [4.69, 9.17) is 0 Å². The van der Waals surface area contributed by atoms with Gasteiger partial charge in [-0.2, -0.15) is 0 Å². The highest BCUT2D eigenvalue weighted by Gasteiger charge is 2.37. The zero-order valence-corrected chi connectivity index (χ0v) is 15.0. The fraction of sp³-hybridized carbons (Fsp3) is 1.00. The van der Waals surface area contributed by atoms with Crippen LogP contribution >= 0.6 is 0 Å². The topological polar surface area (TPSA) is 18.5 Å². The maximum absolute atomic E-state index is 3.84. The molecule has 0 radical (unpaired) electrons. The van der Waals surface area contributed by atoms with E-state index in [1.807, 2.05) is 0 Å². The van der Waals surface area contributed by atoms with Crippen molar-refractivity contribution in [1.29, 1.82) is 0 Å². The van der Waals surface area contributed by atoms with E-state index < -0.39 is 0 Å². The van der Waals surface area contributed by atoms with Crippen molar-refractivity contribution in [2.24, 2.45) is 10.8 Å². The minimum atomic E-state index is 0.497. The van der Waals surface area contributed by atoms with E-state index in [0.29, 0.717) is 10.8 Å². The number of rotatable bonds is 5. The molecule has 1 saturated carbocycles. The van der Waals surface area contributed by atoms with Gasteiger partial charge in [0.2, 0.25) is 0 Å². The molecular formula is C18H37N3. The summed E-state index contributed by atoms with van der Waals surface area (Å²) in [6.07, 6.45) is 5.33. The van der Waals surface area contributed by atoms with Gasteiger partial charge in [0.1, 0.15) is 0 Å². The molecule has 21 heavy (non-hydrogen) atoms. The fourth-order valence-corrected chi connectivity index (χ4v) is 4.67. The van der Waals surface area contributed by atoms with Crippen LogP contribution in [0.2, 0.25) is 0 Å². The molecule has 1 N–H and O–H groups in total. The maximum atomic E-state index is 3.84. The number of nitrogens with one attached hydrogen (secondary N) is 1. The van der Waals surface area contributed by atoms with E-state index in [2.05, 4.69) is 49.9 Å². The van der Waals surface area contributed by atoms with Crippen LogP contribution in [0.25, 0.3) is 0 Å². The van der Waals surface area contributed by atoms with Gasteiger partial charge in [0, 0.05) is 32.2 Å². The molecule has 3 heteroatoms. The Labute approximate surface area is 132 Å². The standard InChI is InChI=1S/C18H37N3/c1-17(2)13-16(14-18(3,4)15-17)19-7-6-8-21-11-9-20(5)10-12-21/h16,19H,6-15H2,1-5H3. The number of piperazine rings is 1. The zero-order valence-electron chi connectivity index (χ0n) is 15.0. The molecule has 3 nitrogen and oxygen atoms in total. The summed E-state index contributed by atoms with van der Waals surface area (Å²) < 4.78 is 0. The Morgan fingerprint density at radius 2 is 1.52 bits per heavy atom. The van der Waals surface area contributed by atoms with Gasteiger partial charge in [-0.15, -0.1) is 0 Å². The molecule has 0 bridgehead atoms. The third kappa shape index (κ3) is 5.88. The lowest BCUT2D eigenvalue weighted by Gasteiger charge is -2.45. The molecule has 1 saturated heterocycles. The van der Waals surface area contributed by atoms with Gasteiger partial charge in [0.05, 0.1) is 0 Å². The summed E-state index contributed by atoms with van der Waals surface area (Å²) in [6.45, 7) is 17.2. The predicted molar refractivity (Wildman–Crippen MR) is 91.8 cm³/mol. The Hall–Kier alpha value is -0.120. The van der Waals surface area contributed by atoms with Crippen molar-refractivity contribution in [3.05, 3.63) is 0 Å². The van der Waals surface area contributed by atoms with Gasteiger partial charge in [-0.25, -0.2) is 0 Å². The first-order valence-corrected chi connectivity index (χ1v) is 8.90. The lowest BCUT2D eigenvalue weighted by molar-refractivity contribution is 0.0842. The van der Waals surface area contributed by atoms with Crippen LogP contribution in [0.3, 0.4) is 0 Å². The van der Waals surface area contributed by atoms with E-state index >= 15 is 0 Å². The van der Waals surface area contributed by atoms with E-state index in [-0.39, 0.29) is 0 Å². The lowest BCUT2D eigenvalue weighted by atomic mass is 9.63. The second-order valence-electron chi connectivity index (χ2n) is 9.06. The Bertz CT molecular complexity index is 300. The van der Waals surface area contributed by atoms with Crippen LogP contribution in [0.4, 0.5) is 0 Å². The smallest absolute Gasteiger partial charge is 0.0110 e. The quantitative estimate of drug-likeness (QED) is 0.787. The molecule has 124 valence electrons. The lowest BCUT2D eigenvalue weighted by Crippen LogP contribution is -2.46. The van der Waals surface area contributed by atoms with Gasteiger partial charge < -0.3 is 15.1 Å². The van der Waals surface area contributed by atoms with Crippen molar-refractivity contribution in [2.75, 3.05) is 46.3 Å². The van der Waals surface area contributed by atoms with Crippen molar-refractivity contribution < 1.29 is 0 Å². The Morgan fingerprint density at radius 1 is 0.952 bits per heavy atom. The van der Waals surface area contributed by atoms with E-state index in [1.165, 1.54) is 65.0 Å². The van der Waals surface area contributed by atoms with E-state index in [9.17, 15) is 0 Å². The first kappa shape index (κ1) is 17.2. The van der Waals surface area contributed by atoms with Crippen molar-refractivity contribution in [1.82, 2.24) is 15.1 Å². The first-order valence-electron chi connectivity index (χ1n) is 8.90. The van der Waals surface area contributed by atoms with Gasteiger partial charge in [-0.05, 0) is 56.7 Å². The molecule has 2 aliphatic rings. The highest BCUT2D eigenvalue weighted by Crippen LogP contribution is 2.45. The molecular weight excluding hydrogens is 258 g/mol. The number of hydrogen-bond donors (Lipinski definition) is 1. The van der Waals surface area contributed by atoms with Crippen LogP contribution in [0.1, 0.15) is 53.4 Å². The monoisotopic (exact) mass is 295 g/mol. The van der Waals surface area contributed by atoms with Crippen LogP contribution in [-0.2, 0) is 0 Å². The molecule has 0 aromatic carbocycles. The summed E-state index contributed by atoms with van der Waals surface area (Å²) in [4.78, 5) is 5.05. The summed E-state index contributed by atoms with van der Waals surface area (Å²) >= 11 is 0. The van der Waals surface area contributed by atoms with Crippen molar-refractivity contribution in [2.45, 2.75) is 59.4 Å². The molecule has 2 rings (SSSR count). The Balaban J connectivity index is 1.64. The Kier molecular flexibility index (Phi) is 5.72. The minimum Gasteiger partial charge on any atom is -0.314 e. The fourth-order valence-electron chi connectivity index (χ4n) is 4.67. The molecule has 2 fully saturated rings. The molecule has 1 aliphatic carbocycles.